The van der Waals surface area contributed by atoms with Gasteiger partial charge in [-0.25, -0.2) is 0 Å². The van der Waals surface area contributed by atoms with Crippen LogP contribution in [0, 0.1) is 0 Å². The fourth-order valence-corrected chi connectivity index (χ4v) is 2.61. The monoisotopic (exact) mass is 319 g/mol. The number of nitrogens with one attached hydrogen (secondary N) is 2. The second-order valence-electron chi connectivity index (χ2n) is 5.93. The van der Waals surface area contributed by atoms with Crippen molar-refractivity contribution in [3.63, 3.8) is 0 Å². The van der Waals surface area contributed by atoms with Gasteiger partial charge >= 0.3 is 0 Å². The number of amides is 1. The van der Waals surface area contributed by atoms with Crippen molar-refractivity contribution < 1.29 is 9.53 Å². The molecule has 0 aliphatic carbocycles. The van der Waals surface area contributed by atoms with Gasteiger partial charge in [0.15, 0.2) is 0 Å². The second kappa shape index (κ2) is 10.2. The molecule has 1 heterocycles. The van der Waals surface area contributed by atoms with E-state index in [-0.39, 0.29) is 5.91 Å². The van der Waals surface area contributed by atoms with Gasteiger partial charge in [0.2, 0.25) is 0 Å². The van der Waals surface area contributed by atoms with Crippen molar-refractivity contribution in [3.8, 4) is 5.75 Å². The molecular weight excluding hydrogens is 290 g/mol. The molecule has 1 aliphatic heterocycles. The topological polar surface area (TPSA) is 53.6 Å². The van der Waals surface area contributed by atoms with Crippen LogP contribution in [0.3, 0.4) is 0 Å². The standard InChI is InChI=1S/C18H29N3O2/c1-2-3-4-15-23-17-7-5-16(6-8-17)18(22)20-11-14-21-12-9-19-10-13-21/h5-8,19H,2-4,9-15H2,1H3,(H,20,22). The molecule has 128 valence electrons. The molecule has 23 heavy (non-hydrogen) atoms. The number of nitrogens with zero attached hydrogens (tertiary/aromatic N) is 1. The number of piperazine rings is 1. The van der Waals surface area contributed by atoms with E-state index in [4.69, 9.17) is 4.74 Å². The molecular formula is C18H29N3O2. The summed E-state index contributed by atoms with van der Waals surface area (Å²) < 4.78 is 5.66. The molecule has 1 fully saturated rings. The number of carbonyl (C=O) groups is 1. The highest BCUT2D eigenvalue weighted by Crippen LogP contribution is 2.13. The predicted molar refractivity (Wildman–Crippen MR) is 93.1 cm³/mol. The maximum atomic E-state index is 12.1. The number of carbonyl (C=O) groups excluding carboxylic acids is 1. The van der Waals surface area contributed by atoms with E-state index in [0.717, 1.165) is 51.5 Å². The molecule has 0 atom stereocenters. The summed E-state index contributed by atoms with van der Waals surface area (Å²) >= 11 is 0. The van der Waals surface area contributed by atoms with Gasteiger partial charge in [-0.3, -0.25) is 9.69 Å². The largest absolute Gasteiger partial charge is 0.494 e. The zero-order valence-corrected chi connectivity index (χ0v) is 14.1. The van der Waals surface area contributed by atoms with Crippen LogP contribution in [0.1, 0.15) is 36.5 Å². The Morgan fingerprint density at radius 3 is 2.65 bits per heavy atom. The first-order valence-corrected chi connectivity index (χ1v) is 8.73. The third-order valence-corrected chi connectivity index (χ3v) is 4.06. The molecule has 5 heteroatoms. The van der Waals surface area contributed by atoms with Gasteiger partial charge in [0.25, 0.3) is 5.91 Å². The highest BCUT2D eigenvalue weighted by Gasteiger charge is 2.10. The third kappa shape index (κ3) is 6.59. The average molecular weight is 319 g/mol. The maximum absolute atomic E-state index is 12.1. The van der Waals surface area contributed by atoms with Crippen LogP contribution in [0.2, 0.25) is 0 Å². The van der Waals surface area contributed by atoms with Gasteiger partial charge < -0.3 is 15.4 Å². The van der Waals surface area contributed by atoms with Crippen molar-refractivity contribution >= 4 is 5.91 Å². The first kappa shape index (κ1) is 17.8. The van der Waals surface area contributed by atoms with Crippen LogP contribution in [0.25, 0.3) is 0 Å². The molecule has 0 radical (unpaired) electrons. The summed E-state index contributed by atoms with van der Waals surface area (Å²) in [4.78, 5) is 14.5. The fraction of sp³-hybridized carbons (Fsp3) is 0.611. The van der Waals surface area contributed by atoms with E-state index in [1.807, 2.05) is 24.3 Å². The van der Waals surface area contributed by atoms with Crippen LogP contribution in [-0.2, 0) is 0 Å². The predicted octanol–water partition coefficient (Wildman–Crippen LogP) is 1.89. The summed E-state index contributed by atoms with van der Waals surface area (Å²) in [5.41, 5.74) is 0.686. The SMILES string of the molecule is CCCCCOc1ccc(C(=O)NCCN2CCNCC2)cc1. The van der Waals surface area contributed by atoms with Crippen LogP contribution < -0.4 is 15.4 Å². The van der Waals surface area contributed by atoms with E-state index in [1.165, 1.54) is 12.8 Å². The first-order valence-electron chi connectivity index (χ1n) is 8.73. The minimum atomic E-state index is -0.0160. The Bertz CT molecular complexity index is 456. The molecule has 0 bridgehead atoms. The van der Waals surface area contributed by atoms with Gasteiger partial charge in [0.1, 0.15) is 5.75 Å². The summed E-state index contributed by atoms with van der Waals surface area (Å²) in [5.74, 6) is 0.816. The molecule has 2 rings (SSSR count). The van der Waals surface area contributed by atoms with Crippen LogP contribution >= 0.6 is 0 Å². The minimum absolute atomic E-state index is 0.0160. The number of ether oxygens (including phenoxy) is 1. The summed E-state index contributed by atoms with van der Waals surface area (Å²) in [6.07, 6.45) is 3.45. The average Bonchev–Trinajstić information content (AvgIpc) is 2.60. The quantitative estimate of drug-likeness (QED) is 0.683. The molecule has 1 amide bonds. The van der Waals surface area contributed by atoms with Crippen molar-refractivity contribution in [2.45, 2.75) is 26.2 Å². The molecule has 0 unspecified atom stereocenters. The summed E-state index contributed by atoms with van der Waals surface area (Å²) in [6.45, 7) is 8.70. The Morgan fingerprint density at radius 2 is 1.96 bits per heavy atom. The zero-order chi connectivity index (χ0) is 16.3. The Kier molecular flexibility index (Phi) is 7.90. The third-order valence-electron chi connectivity index (χ3n) is 4.06. The molecule has 1 aromatic rings. The van der Waals surface area contributed by atoms with E-state index in [1.54, 1.807) is 0 Å². The number of rotatable bonds is 9. The van der Waals surface area contributed by atoms with Crippen LogP contribution in [0.4, 0.5) is 0 Å². The summed E-state index contributed by atoms with van der Waals surface area (Å²) in [6, 6.07) is 7.40. The van der Waals surface area contributed by atoms with Crippen molar-refractivity contribution in [1.82, 2.24) is 15.5 Å². The van der Waals surface area contributed by atoms with Crippen LogP contribution in [-0.4, -0.2) is 56.7 Å². The smallest absolute Gasteiger partial charge is 0.251 e. The molecule has 0 aromatic heterocycles. The van der Waals surface area contributed by atoms with E-state index in [2.05, 4.69) is 22.5 Å². The maximum Gasteiger partial charge on any atom is 0.251 e. The minimum Gasteiger partial charge on any atom is -0.494 e. The summed E-state index contributed by atoms with van der Waals surface area (Å²) in [5, 5.41) is 6.31. The molecule has 5 nitrogen and oxygen atoms in total. The number of hydrogen-bond acceptors (Lipinski definition) is 4. The van der Waals surface area contributed by atoms with Crippen molar-refractivity contribution in [3.05, 3.63) is 29.8 Å². The number of benzene rings is 1. The molecule has 2 N–H and O–H groups in total. The lowest BCUT2D eigenvalue weighted by atomic mass is 10.2. The highest BCUT2D eigenvalue weighted by molar-refractivity contribution is 5.94. The fourth-order valence-electron chi connectivity index (χ4n) is 2.61. The first-order chi connectivity index (χ1) is 11.3. The van der Waals surface area contributed by atoms with Crippen molar-refractivity contribution in [1.29, 1.82) is 0 Å². The molecule has 1 aromatic carbocycles. The Labute approximate surface area is 139 Å². The van der Waals surface area contributed by atoms with Crippen molar-refractivity contribution in [2.24, 2.45) is 0 Å². The second-order valence-corrected chi connectivity index (χ2v) is 5.93. The Balaban J connectivity index is 1.67. The lowest BCUT2D eigenvalue weighted by Crippen LogP contribution is -2.46. The van der Waals surface area contributed by atoms with E-state index in [9.17, 15) is 4.79 Å². The lowest BCUT2D eigenvalue weighted by Gasteiger charge is -2.27. The van der Waals surface area contributed by atoms with Gasteiger partial charge in [-0.05, 0) is 30.7 Å². The Hall–Kier alpha value is -1.59. The number of unbranched alkanes of at least 4 members (excludes halogenated alkanes) is 2. The van der Waals surface area contributed by atoms with Gasteiger partial charge in [-0.2, -0.15) is 0 Å². The zero-order valence-electron chi connectivity index (χ0n) is 14.1. The normalized spacial score (nSPS) is 15.3. The number of hydrogen-bond donors (Lipinski definition) is 2. The van der Waals surface area contributed by atoms with Gasteiger partial charge in [-0.15, -0.1) is 0 Å². The van der Waals surface area contributed by atoms with Gasteiger partial charge in [-0.1, -0.05) is 19.8 Å². The molecule has 1 aliphatic rings. The van der Waals surface area contributed by atoms with Crippen molar-refractivity contribution in [2.75, 3.05) is 45.9 Å². The van der Waals surface area contributed by atoms with Crippen LogP contribution in [0.15, 0.2) is 24.3 Å². The Morgan fingerprint density at radius 1 is 1.22 bits per heavy atom. The van der Waals surface area contributed by atoms with Gasteiger partial charge in [0.05, 0.1) is 6.61 Å². The van der Waals surface area contributed by atoms with E-state index in [0.29, 0.717) is 12.1 Å². The molecule has 0 saturated carbocycles. The van der Waals surface area contributed by atoms with E-state index >= 15 is 0 Å². The highest BCUT2D eigenvalue weighted by atomic mass is 16.5. The van der Waals surface area contributed by atoms with Gasteiger partial charge in [0, 0.05) is 44.8 Å². The lowest BCUT2D eigenvalue weighted by molar-refractivity contribution is 0.0947. The van der Waals surface area contributed by atoms with Crippen LogP contribution in [0.5, 0.6) is 5.75 Å². The van der Waals surface area contributed by atoms with E-state index < -0.39 is 0 Å². The summed E-state index contributed by atoms with van der Waals surface area (Å²) in [7, 11) is 0. The molecule has 0 spiro atoms. The molecule has 1 saturated heterocycles.